The first-order valence-electron chi connectivity index (χ1n) is 11.4. The number of anilines is 1. The van der Waals surface area contributed by atoms with Gasteiger partial charge in [-0.25, -0.2) is 4.39 Å². The predicted molar refractivity (Wildman–Crippen MR) is 130 cm³/mol. The average Bonchev–Trinajstić information content (AvgIpc) is 2.84. The monoisotopic (exact) mass is 463 g/mol. The average molecular weight is 464 g/mol. The lowest BCUT2D eigenvalue weighted by Crippen LogP contribution is -2.60. The van der Waals surface area contributed by atoms with Crippen LogP contribution in [0.2, 0.25) is 5.02 Å². The number of benzene rings is 3. The van der Waals surface area contributed by atoms with Crippen LogP contribution in [0.1, 0.15) is 16.7 Å². The molecule has 0 aliphatic carbocycles. The van der Waals surface area contributed by atoms with Crippen LogP contribution >= 0.6 is 11.6 Å². The van der Waals surface area contributed by atoms with Gasteiger partial charge in [-0.05, 0) is 53.4 Å². The number of amides is 1. The van der Waals surface area contributed by atoms with E-state index >= 15 is 0 Å². The highest BCUT2D eigenvalue weighted by Crippen LogP contribution is 2.36. The summed E-state index contributed by atoms with van der Waals surface area (Å²) in [6, 6.07) is 22.8. The van der Waals surface area contributed by atoms with Crippen molar-refractivity contribution in [1.29, 1.82) is 0 Å². The second kappa shape index (κ2) is 9.54. The number of nitrogens with zero attached hydrogens (tertiary/aromatic N) is 2. The highest BCUT2D eigenvalue weighted by atomic mass is 35.5. The van der Waals surface area contributed by atoms with E-state index in [1.807, 2.05) is 18.2 Å². The van der Waals surface area contributed by atoms with E-state index in [0.717, 1.165) is 43.2 Å². The lowest BCUT2D eigenvalue weighted by Gasteiger charge is -2.49. The molecule has 0 saturated carbocycles. The molecule has 4 nitrogen and oxygen atoms in total. The first kappa shape index (κ1) is 21.9. The topological polar surface area (TPSA) is 35.6 Å². The first-order chi connectivity index (χ1) is 16.1. The summed E-state index contributed by atoms with van der Waals surface area (Å²) in [5, 5.41) is 3.84. The van der Waals surface area contributed by atoms with Crippen molar-refractivity contribution < 1.29 is 9.18 Å². The van der Waals surface area contributed by atoms with Gasteiger partial charge in [0.2, 0.25) is 5.91 Å². The number of carbonyl (C=O) groups excluding carboxylic acids is 1. The minimum absolute atomic E-state index is 0.0529. The van der Waals surface area contributed by atoms with Crippen molar-refractivity contribution in [3.05, 3.63) is 100 Å². The molecule has 2 heterocycles. The molecule has 33 heavy (non-hydrogen) atoms. The fourth-order valence-electron chi connectivity index (χ4n) is 5.03. The Labute approximate surface area is 199 Å². The van der Waals surface area contributed by atoms with Gasteiger partial charge >= 0.3 is 0 Å². The van der Waals surface area contributed by atoms with E-state index in [4.69, 9.17) is 11.6 Å². The lowest BCUT2D eigenvalue weighted by molar-refractivity contribution is -0.126. The van der Waals surface area contributed by atoms with Crippen LogP contribution in [0.4, 0.5) is 10.1 Å². The summed E-state index contributed by atoms with van der Waals surface area (Å²) in [4.78, 5) is 18.2. The number of piperazine rings is 1. The van der Waals surface area contributed by atoms with E-state index in [-0.39, 0.29) is 23.7 Å². The summed E-state index contributed by atoms with van der Waals surface area (Å²) in [6.45, 7) is 3.89. The summed E-state index contributed by atoms with van der Waals surface area (Å²) in [5.41, 5.74) is 4.59. The summed E-state index contributed by atoms with van der Waals surface area (Å²) in [7, 11) is 0. The number of hydrogen-bond acceptors (Lipinski definition) is 3. The van der Waals surface area contributed by atoms with Crippen LogP contribution in [0.25, 0.3) is 0 Å². The quantitative estimate of drug-likeness (QED) is 0.597. The zero-order chi connectivity index (χ0) is 22.8. The zero-order valence-electron chi connectivity index (χ0n) is 18.4. The molecule has 1 amide bonds. The van der Waals surface area contributed by atoms with Crippen molar-refractivity contribution in [2.75, 3.05) is 24.5 Å². The summed E-state index contributed by atoms with van der Waals surface area (Å²) < 4.78 is 13.2. The normalized spacial score (nSPS) is 20.1. The van der Waals surface area contributed by atoms with Gasteiger partial charge < -0.3 is 10.2 Å². The van der Waals surface area contributed by atoms with Crippen LogP contribution in [0, 0.1) is 11.7 Å². The molecule has 0 aromatic heterocycles. The molecule has 2 aliphatic heterocycles. The van der Waals surface area contributed by atoms with Gasteiger partial charge in [-0.3, -0.25) is 9.69 Å². The number of nitrogens with one attached hydrogen (secondary N) is 1. The molecule has 6 heteroatoms. The summed E-state index contributed by atoms with van der Waals surface area (Å²) in [6.07, 6.45) is 0.724. The van der Waals surface area contributed by atoms with Crippen LogP contribution in [0.5, 0.6) is 0 Å². The van der Waals surface area contributed by atoms with E-state index in [0.29, 0.717) is 6.54 Å². The standard InChI is InChI=1S/C27H27ClFN3O/c28-22-9-5-20(6-10-22)17-31-13-14-32-25-4-2-1-3-21(25)15-24(26(32)18-31)27(33)30-16-19-7-11-23(29)12-8-19/h1-12,24,26H,13-18H2,(H,30,33). The molecule has 0 bridgehead atoms. The van der Waals surface area contributed by atoms with Gasteiger partial charge in [-0.1, -0.05) is 54.1 Å². The number of carbonyl (C=O) groups is 1. The van der Waals surface area contributed by atoms with Crippen molar-refractivity contribution in [3.8, 4) is 0 Å². The van der Waals surface area contributed by atoms with Gasteiger partial charge in [0.1, 0.15) is 5.82 Å². The zero-order valence-corrected chi connectivity index (χ0v) is 19.1. The third-order valence-electron chi connectivity index (χ3n) is 6.74. The Morgan fingerprint density at radius 3 is 2.48 bits per heavy atom. The van der Waals surface area contributed by atoms with Crippen molar-refractivity contribution in [1.82, 2.24) is 10.2 Å². The highest BCUT2D eigenvalue weighted by Gasteiger charge is 2.41. The molecule has 1 fully saturated rings. The first-order valence-corrected chi connectivity index (χ1v) is 11.8. The smallest absolute Gasteiger partial charge is 0.225 e. The maximum absolute atomic E-state index is 13.4. The maximum atomic E-state index is 13.4. The maximum Gasteiger partial charge on any atom is 0.225 e. The molecule has 1 saturated heterocycles. The molecular weight excluding hydrogens is 437 g/mol. The molecule has 3 aromatic carbocycles. The van der Waals surface area contributed by atoms with Crippen molar-refractivity contribution in [2.24, 2.45) is 5.92 Å². The highest BCUT2D eigenvalue weighted by molar-refractivity contribution is 6.30. The third kappa shape index (κ3) is 4.90. The molecule has 5 rings (SSSR count). The van der Waals surface area contributed by atoms with Gasteiger partial charge in [0.05, 0.1) is 12.0 Å². The molecule has 0 spiro atoms. The Kier molecular flexibility index (Phi) is 6.34. The largest absolute Gasteiger partial charge is 0.365 e. The summed E-state index contributed by atoms with van der Waals surface area (Å²) in [5.74, 6) is -0.363. The Balaban J connectivity index is 1.33. The van der Waals surface area contributed by atoms with E-state index in [9.17, 15) is 9.18 Å². The van der Waals surface area contributed by atoms with Gasteiger partial charge in [-0.2, -0.15) is 0 Å². The molecule has 2 aliphatic rings. The van der Waals surface area contributed by atoms with Crippen molar-refractivity contribution in [3.63, 3.8) is 0 Å². The molecule has 0 radical (unpaired) electrons. The SMILES string of the molecule is O=C(NCc1ccc(F)cc1)C1Cc2ccccc2N2CCN(Cc3ccc(Cl)cc3)CC12. The van der Waals surface area contributed by atoms with Gasteiger partial charge in [-0.15, -0.1) is 0 Å². The van der Waals surface area contributed by atoms with Crippen LogP contribution in [-0.2, 0) is 24.3 Å². The van der Waals surface area contributed by atoms with Crippen LogP contribution in [0.3, 0.4) is 0 Å². The fourth-order valence-corrected chi connectivity index (χ4v) is 5.16. The minimum atomic E-state index is -0.271. The van der Waals surface area contributed by atoms with E-state index in [1.165, 1.54) is 28.9 Å². The Morgan fingerprint density at radius 1 is 0.970 bits per heavy atom. The van der Waals surface area contributed by atoms with Crippen LogP contribution in [0.15, 0.2) is 72.8 Å². The van der Waals surface area contributed by atoms with Crippen LogP contribution in [-0.4, -0.2) is 36.5 Å². The predicted octanol–water partition coefficient (Wildman–Crippen LogP) is 4.66. The number of hydrogen-bond donors (Lipinski definition) is 1. The number of fused-ring (bicyclic) bond motifs is 3. The Bertz CT molecular complexity index is 1120. The Hall–Kier alpha value is -2.89. The molecular formula is C27H27ClFN3O. The molecule has 3 aromatic rings. The van der Waals surface area contributed by atoms with Crippen LogP contribution < -0.4 is 10.2 Å². The minimum Gasteiger partial charge on any atom is -0.365 e. The summed E-state index contributed by atoms with van der Waals surface area (Å²) >= 11 is 6.05. The lowest BCUT2D eigenvalue weighted by atomic mass is 9.83. The van der Waals surface area contributed by atoms with Gasteiger partial charge in [0, 0.05) is 43.4 Å². The molecule has 2 unspecified atom stereocenters. The molecule has 170 valence electrons. The second-order valence-corrected chi connectivity index (χ2v) is 9.34. The van der Waals surface area contributed by atoms with Gasteiger partial charge in [0.25, 0.3) is 0 Å². The van der Waals surface area contributed by atoms with E-state index in [1.54, 1.807) is 12.1 Å². The molecule has 2 atom stereocenters. The van der Waals surface area contributed by atoms with Crippen molar-refractivity contribution >= 4 is 23.2 Å². The number of rotatable bonds is 5. The van der Waals surface area contributed by atoms with E-state index in [2.05, 4.69) is 45.4 Å². The second-order valence-electron chi connectivity index (χ2n) is 8.91. The van der Waals surface area contributed by atoms with Gasteiger partial charge in [0.15, 0.2) is 0 Å². The third-order valence-corrected chi connectivity index (χ3v) is 7.00. The fraction of sp³-hybridized carbons (Fsp3) is 0.296. The number of para-hydroxylation sites is 1. The molecule has 1 N–H and O–H groups in total. The number of halogens is 2. The van der Waals surface area contributed by atoms with E-state index < -0.39 is 0 Å². The van der Waals surface area contributed by atoms with Crippen molar-refractivity contribution in [2.45, 2.75) is 25.6 Å². The Morgan fingerprint density at radius 2 is 1.70 bits per heavy atom.